The third kappa shape index (κ3) is 4.69. The van der Waals surface area contributed by atoms with E-state index in [4.69, 9.17) is 15.2 Å². The summed E-state index contributed by atoms with van der Waals surface area (Å²) in [6.45, 7) is 5.98. The van der Waals surface area contributed by atoms with Crippen LogP contribution in [0.4, 0.5) is 4.79 Å². The molecule has 1 aliphatic rings. The van der Waals surface area contributed by atoms with Gasteiger partial charge in [0.25, 0.3) is 0 Å². The van der Waals surface area contributed by atoms with Crippen molar-refractivity contribution in [2.45, 2.75) is 45.6 Å². The first kappa shape index (κ1) is 17.3. The quantitative estimate of drug-likeness (QED) is 0.864. The Bertz CT molecular complexity index is 553. The molecule has 0 aliphatic carbocycles. The number of nitrogens with zero attached hydrogens (tertiary/aromatic N) is 1. The van der Waals surface area contributed by atoms with E-state index in [1.54, 1.807) is 20.8 Å². The number of benzene rings is 1. The molecule has 0 saturated carbocycles. The fraction of sp³-hybridized carbons (Fsp3) is 0.529. The van der Waals surface area contributed by atoms with Gasteiger partial charge in [-0.25, -0.2) is 4.79 Å². The summed E-state index contributed by atoms with van der Waals surface area (Å²) in [5, 5.41) is 0. The SMILES string of the molecule is CC(C)(C)OC(=O)[C@@H]1CCN(C(=O)OCc2ccccc2)[C@H]1N. The number of hydrogen-bond acceptors (Lipinski definition) is 5. The summed E-state index contributed by atoms with van der Waals surface area (Å²) in [6.07, 6.45) is -0.739. The molecule has 1 fully saturated rings. The van der Waals surface area contributed by atoms with Crippen molar-refractivity contribution in [3.8, 4) is 0 Å². The average molecular weight is 320 g/mol. The molecule has 0 bridgehead atoms. The second-order valence-electron chi connectivity index (χ2n) is 6.65. The third-order valence-corrected chi connectivity index (χ3v) is 3.60. The molecule has 23 heavy (non-hydrogen) atoms. The van der Waals surface area contributed by atoms with E-state index >= 15 is 0 Å². The molecule has 1 aromatic carbocycles. The van der Waals surface area contributed by atoms with Crippen molar-refractivity contribution in [3.05, 3.63) is 35.9 Å². The summed E-state index contributed by atoms with van der Waals surface area (Å²) >= 11 is 0. The van der Waals surface area contributed by atoms with E-state index in [1.807, 2.05) is 30.3 Å². The van der Waals surface area contributed by atoms with Gasteiger partial charge in [-0.15, -0.1) is 0 Å². The highest BCUT2D eigenvalue weighted by Crippen LogP contribution is 2.25. The molecule has 0 radical (unpaired) electrons. The minimum absolute atomic E-state index is 0.181. The lowest BCUT2D eigenvalue weighted by Crippen LogP contribution is -2.47. The lowest BCUT2D eigenvalue weighted by molar-refractivity contribution is -0.160. The zero-order valence-electron chi connectivity index (χ0n) is 13.8. The second kappa shape index (κ2) is 7.00. The van der Waals surface area contributed by atoms with Crippen LogP contribution in [-0.2, 0) is 20.9 Å². The van der Waals surface area contributed by atoms with Crippen molar-refractivity contribution in [1.29, 1.82) is 0 Å². The van der Waals surface area contributed by atoms with Crippen molar-refractivity contribution in [2.24, 2.45) is 11.7 Å². The smallest absolute Gasteiger partial charge is 0.411 e. The number of carbonyl (C=O) groups is 2. The lowest BCUT2D eigenvalue weighted by atomic mass is 10.1. The van der Waals surface area contributed by atoms with E-state index in [2.05, 4.69) is 0 Å². The molecule has 1 saturated heterocycles. The molecular formula is C17H24N2O4. The van der Waals surface area contributed by atoms with Crippen LogP contribution in [0.2, 0.25) is 0 Å². The van der Waals surface area contributed by atoms with Gasteiger partial charge in [0.05, 0.1) is 12.1 Å². The van der Waals surface area contributed by atoms with Crippen molar-refractivity contribution in [3.63, 3.8) is 0 Å². The summed E-state index contributed by atoms with van der Waals surface area (Å²) in [6, 6.07) is 9.40. The van der Waals surface area contributed by atoms with E-state index < -0.39 is 23.8 Å². The van der Waals surface area contributed by atoms with Crippen molar-refractivity contribution in [2.75, 3.05) is 6.54 Å². The fourth-order valence-corrected chi connectivity index (χ4v) is 2.47. The van der Waals surface area contributed by atoms with Crippen molar-refractivity contribution < 1.29 is 19.1 Å². The van der Waals surface area contributed by atoms with E-state index in [9.17, 15) is 9.59 Å². The number of likely N-dealkylation sites (tertiary alicyclic amines) is 1. The van der Waals surface area contributed by atoms with Crippen LogP contribution in [0, 0.1) is 5.92 Å². The Morgan fingerprint density at radius 1 is 1.26 bits per heavy atom. The maximum Gasteiger partial charge on any atom is 0.411 e. The molecule has 0 aromatic heterocycles. The monoisotopic (exact) mass is 320 g/mol. The third-order valence-electron chi connectivity index (χ3n) is 3.60. The summed E-state index contributed by atoms with van der Waals surface area (Å²) in [5.41, 5.74) is 6.37. The predicted molar refractivity (Wildman–Crippen MR) is 85.3 cm³/mol. The molecule has 0 spiro atoms. The summed E-state index contributed by atoms with van der Waals surface area (Å²) in [5.74, 6) is -0.887. The van der Waals surface area contributed by atoms with Gasteiger partial charge in [-0.1, -0.05) is 30.3 Å². The number of carbonyl (C=O) groups excluding carboxylic acids is 2. The van der Waals surface area contributed by atoms with Gasteiger partial charge in [-0.2, -0.15) is 0 Å². The highest BCUT2D eigenvalue weighted by atomic mass is 16.6. The zero-order chi connectivity index (χ0) is 17.0. The average Bonchev–Trinajstić information content (AvgIpc) is 2.86. The van der Waals surface area contributed by atoms with Crippen LogP contribution in [0.5, 0.6) is 0 Å². The maximum absolute atomic E-state index is 12.2. The molecule has 1 heterocycles. The molecular weight excluding hydrogens is 296 g/mol. The molecule has 126 valence electrons. The van der Waals surface area contributed by atoms with Crippen LogP contribution in [0.15, 0.2) is 30.3 Å². The van der Waals surface area contributed by atoms with Gasteiger partial charge in [0.1, 0.15) is 12.2 Å². The number of rotatable bonds is 3. The van der Waals surface area contributed by atoms with Crippen LogP contribution in [0.25, 0.3) is 0 Å². The van der Waals surface area contributed by atoms with Crippen molar-refractivity contribution >= 4 is 12.1 Å². The van der Waals surface area contributed by atoms with Crippen molar-refractivity contribution in [1.82, 2.24) is 4.90 Å². The van der Waals surface area contributed by atoms with E-state index in [-0.39, 0.29) is 12.6 Å². The summed E-state index contributed by atoms with van der Waals surface area (Å²) in [7, 11) is 0. The zero-order valence-corrected chi connectivity index (χ0v) is 13.8. The van der Waals surface area contributed by atoms with E-state index in [1.165, 1.54) is 4.90 Å². The molecule has 2 N–H and O–H groups in total. The topological polar surface area (TPSA) is 81.9 Å². The molecule has 2 atom stereocenters. The molecule has 2 rings (SSSR count). The number of ether oxygens (including phenoxy) is 2. The standard InChI is InChI=1S/C17H24N2O4/c1-17(2,3)23-15(20)13-9-10-19(14(13)18)16(21)22-11-12-7-5-4-6-8-12/h4-8,13-14H,9-11,18H2,1-3H3/t13-,14-/m1/s1. The molecule has 6 heteroatoms. The Labute approximate surface area is 136 Å². The Morgan fingerprint density at radius 3 is 2.52 bits per heavy atom. The lowest BCUT2D eigenvalue weighted by Gasteiger charge is -2.26. The van der Waals surface area contributed by atoms with E-state index in [0.29, 0.717) is 13.0 Å². The molecule has 0 unspecified atom stereocenters. The Kier molecular flexibility index (Phi) is 5.26. The number of nitrogens with two attached hydrogens (primary N) is 1. The summed E-state index contributed by atoms with van der Waals surface area (Å²) < 4.78 is 10.6. The minimum Gasteiger partial charge on any atom is -0.460 e. The van der Waals surface area contributed by atoms with Crippen LogP contribution < -0.4 is 5.73 Å². The van der Waals surface area contributed by atoms with Crippen LogP contribution in [0.3, 0.4) is 0 Å². The number of hydrogen-bond donors (Lipinski definition) is 1. The summed E-state index contributed by atoms with van der Waals surface area (Å²) in [4.78, 5) is 25.7. The van der Waals surface area contributed by atoms with Gasteiger partial charge in [0.15, 0.2) is 0 Å². The van der Waals surface area contributed by atoms with Gasteiger partial charge in [0, 0.05) is 6.54 Å². The number of esters is 1. The Hall–Kier alpha value is -2.08. The first-order chi connectivity index (χ1) is 10.8. The maximum atomic E-state index is 12.2. The number of amides is 1. The van der Waals surface area contributed by atoms with Gasteiger partial charge in [-0.3, -0.25) is 9.69 Å². The van der Waals surface area contributed by atoms with Crippen LogP contribution >= 0.6 is 0 Å². The second-order valence-corrected chi connectivity index (χ2v) is 6.65. The molecule has 1 amide bonds. The molecule has 1 aromatic rings. The highest BCUT2D eigenvalue weighted by Gasteiger charge is 2.41. The molecule has 1 aliphatic heterocycles. The van der Waals surface area contributed by atoms with Gasteiger partial charge >= 0.3 is 12.1 Å². The normalized spacial score (nSPS) is 21.1. The van der Waals surface area contributed by atoms with E-state index in [0.717, 1.165) is 5.56 Å². The first-order valence-corrected chi connectivity index (χ1v) is 7.74. The minimum atomic E-state index is -0.715. The first-order valence-electron chi connectivity index (χ1n) is 7.74. The predicted octanol–water partition coefficient (Wildman–Crippen LogP) is 2.27. The highest BCUT2D eigenvalue weighted by molar-refractivity contribution is 5.76. The van der Waals surface area contributed by atoms with Gasteiger partial charge < -0.3 is 15.2 Å². The van der Waals surface area contributed by atoms with Gasteiger partial charge in [-0.05, 0) is 32.8 Å². The largest absolute Gasteiger partial charge is 0.460 e. The van der Waals surface area contributed by atoms with Crippen LogP contribution in [-0.4, -0.2) is 35.3 Å². The molecule has 6 nitrogen and oxygen atoms in total. The van der Waals surface area contributed by atoms with Crippen LogP contribution in [0.1, 0.15) is 32.8 Å². The fourth-order valence-electron chi connectivity index (χ4n) is 2.47. The van der Waals surface area contributed by atoms with Gasteiger partial charge in [0.2, 0.25) is 0 Å². The Balaban J connectivity index is 1.89. The Morgan fingerprint density at radius 2 is 1.91 bits per heavy atom.